The van der Waals surface area contributed by atoms with Crippen molar-refractivity contribution in [2.24, 2.45) is 10.7 Å². The van der Waals surface area contributed by atoms with Crippen LogP contribution in [0.15, 0.2) is 41.5 Å². The molecule has 1 saturated heterocycles. The second-order valence-electron chi connectivity index (χ2n) is 7.92. The summed E-state index contributed by atoms with van der Waals surface area (Å²) in [4.78, 5) is 20.6. The van der Waals surface area contributed by atoms with Gasteiger partial charge in [0.2, 0.25) is 0 Å². The molecule has 2 aromatic rings. The summed E-state index contributed by atoms with van der Waals surface area (Å²) in [6.45, 7) is 0.369. The van der Waals surface area contributed by atoms with E-state index in [0.717, 1.165) is 13.0 Å². The zero-order chi connectivity index (χ0) is 22.4. The summed E-state index contributed by atoms with van der Waals surface area (Å²) in [6.07, 6.45) is 0.756. The number of carbonyl (C=O) groups is 1. The molecule has 0 aliphatic carbocycles. The molecular formula is C21H21F3N4O3. The summed E-state index contributed by atoms with van der Waals surface area (Å²) in [5.74, 6) is -1.28. The number of amides is 1. The normalized spacial score (nSPS) is 29.8. The minimum atomic E-state index is -2.31. The van der Waals surface area contributed by atoms with Gasteiger partial charge in [0.05, 0.1) is 26.5 Å². The van der Waals surface area contributed by atoms with Crippen molar-refractivity contribution in [1.29, 1.82) is 0 Å². The van der Waals surface area contributed by atoms with Gasteiger partial charge in [-0.3, -0.25) is 9.79 Å². The van der Waals surface area contributed by atoms with Crippen molar-refractivity contribution >= 4 is 17.4 Å². The molecule has 10 heteroatoms. The number of methoxy groups -OCH3 is 1. The van der Waals surface area contributed by atoms with E-state index in [1.807, 2.05) is 0 Å². The van der Waals surface area contributed by atoms with E-state index < -0.39 is 47.5 Å². The molecule has 3 atom stereocenters. The lowest BCUT2D eigenvalue weighted by Gasteiger charge is -2.43. The van der Waals surface area contributed by atoms with Crippen molar-refractivity contribution in [1.82, 2.24) is 4.98 Å². The van der Waals surface area contributed by atoms with Crippen molar-refractivity contribution in [3.05, 3.63) is 53.6 Å². The van der Waals surface area contributed by atoms with E-state index in [1.165, 1.54) is 31.5 Å². The SMILES string of the molecule is COc1ccc(C(=O)Nc2ccc(F)c([C@]34COC[C@@]3(F)C[C@@](C)(F)C(N)=N4)c2)nc1. The van der Waals surface area contributed by atoms with Gasteiger partial charge < -0.3 is 20.5 Å². The molecule has 4 rings (SSSR count). The number of halogens is 3. The number of ether oxygens (including phenoxy) is 2. The molecule has 3 heterocycles. The number of nitrogens with two attached hydrogens (primary N) is 1. The first-order valence-electron chi connectivity index (χ1n) is 9.53. The highest BCUT2D eigenvalue weighted by molar-refractivity contribution is 6.03. The lowest BCUT2D eigenvalue weighted by atomic mass is 9.70. The number of hydrogen-bond acceptors (Lipinski definition) is 6. The third-order valence-corrected chi connectivity index (χ3v) is 5.72. The monoisotopic (exact) mass is 434 g/mol. The third-order valence-electron chi connectivity index (χ3n) is 5.72. The van der Waals surface area contributed by atoms with E-state index in [2.05, 4.69) is 15.3 Å². The molecule has 0 unspecified atom stereocenters. The molecule has 0 bridgehead atoms. The molecule has 2 aliphatic rings. The number of alkyl halides is 2. The molecule has 1 aromatic heterocycles. The predicted molar refractivity (Wildman–Crippen MR) is 107 cm³/mol. The number of anilines is 1. The van der Waals surface area contributed by atoms with E-state index in [0.29, 0.717) is 5.75 Å². The molecular weight excluding hydrogens is 413 g/mol. The number of nitrogens with one attached hydrogen (secondary N) is 1. The Morgan fingerprint density at radius 2 is 2.03 bits per heavy atom. The van der Waals surface area contributed by atoms with Crippen LogP contribution in [0, 0.1) is 5.82 Å². The van der Waals surface area contributed by atoms with Gasteiger partial charge in [-0.2, -0.15) is 0 Å². The van der Waals surface area contributed by atoms with Crippen LogP contribution in [0.4, 0.5) is 18.9 Å². The largest absolute Gasteiger partial charge is 0.495 e. The van der Waals surface area contributed by atoms with Crippen LogP contribution < -0.4 is 15.8 Å². The molecule has 1 fully saturated rings. The highest BCUT2D eigenvalue weighted by Crippen LogP contribution is 2.53. The minimum Gasteiger partial charge on any atom is -0.495 e. The maximum Gasteiger partial charge on any atom is 0.274 e. The van der Waals surface area contributed by atoms with Crippen LogP contribution >= 0.6 is 0 Å². The second kappa shape index (κ2) is 7.23. The van der Waals surface area contributed by atoms with Crippen LogP contribution in [0.1, 0.15) is 29.4 Å². The van der Waals surface area contributed by atoms with Crippen LogP contribution in [-0.2, 0) is 10.3 Å². The first-order chi connectivity index (χ1) is 14.6. The topological polar surface area (TPSA) is 98.8 Å². The Bertz CT molecular complexity index is 1060. The van der Waals surface area contributed by atoms with Gasteiger partial charge in [0.25, 0.3) is 5.91 Å². The molecule has 7 nitrogen and oxygen atoms in total. The number of fused-ring (bicyclic) bond motifs is 1. The standard InChI is InChI=1S/C21H21F3N4O3/c1-19(23)9-20(24)10-31-11-21(20,28-18(19)25)14-7-12(3-5-15(14)22)27-17(29)16-6-4-13(30-2)8-26-16/h3-8H,9-11H2,1-2H3,(H2,25,28)(H,27,29)/t19-,20+,21-/m1/s1. The molecule has 2 aliphatic heterocycles. The molecule has 164 valence electrons. The number of rotatable bonds is 4. The van der Waals surface area contributed by atoms with Crippen LogP contribution in [0.2, 0.25) is 0 Å². The number of hydrogen-bond donors (Lipinski definition) is 2. The average molecular weight is 434 g/mol. The Morgan fingerprint density at radius 1 is 1.26 bits per heavy atom. The van der Waals surface area contributed by atoms with E-state index in [-0.39, 0.29) is 23.6 Å². The van der Waals surface area contributed by atoms with Crippen LogP contribution in [0.25, 0.3) is 0 Å². The Labute approximate surface area is 176 Å². The van der Waals surface area contributed by atoms with E-state index in [9.17, 15) is 13.6 Å². The highest BCUT2D eigenvalue weighted by atomic mass is 19.2. The van der Waals surface area contributed by atoms with Gasteiger partial charge in [0.15, 0.2) is 16.9 Å². The van der Waals surface area contributed by atoms with Crippen LogP contribution in [0.3, 0.4) is 0 Å². The number of nitrogens with zero attached hydrogens (tertiary/aromatic N) is 2. The van der Waals surface area contributed by atoms with E-state index in [4.69, 9.17) is 15.2 Å². The zero-order valence-corrected chi connectivity index (χ0v) is 16.9. The maximum atomic E-state index is 15.9. The van der Waals surface area contributed by atoms with Crippen molar-refractivity contribution < 1.29 is 27.4 Å². The number of amidine groups is 1. The fraction of sp³-hybridized carbons (Fsp3) is 0.381. The first-order valence-corrected chi connectivity index (χ1v) is 9.53. The maximum absolute atomic E-state index is 15.9. The number of benzene rings is 1. The molecule has 0 spiro atoms. The Kier molecular flexibility index (Phi) is 4.92. The molecule has 3 N–H and O–H groups in total. The first kappa shape index (κ1) is 21.1. The van der Waals surface area contributed by atoms with Gasteiger partial charge in [-0.05, 0) is 37.3 Å². The lowest BCUT2D eigenvalue weighted by Crippen LogP contribution is -2.58. The Morgan fingerprint density at radius 3 is 2.71 bits per heavy atom. The van der Waals surface area contributed by atoms with Gasteiger partial charge in [-0.1, -0.05) is 0 Å². The van der Waals surface area contributed by atoms with Gasteiger partial charge >= 0.3 is 0 Å². The molecule has 31 heavy (non-hydrogen) atoms. The highest BCUT2D eigenvalue weighted by Gasteiger charge is 2.65. The number of aliphatic imine (C=N–C) groups is 1. The van der Waals surface area contributed by atoms with Crippen molar-refractivity contribution in [3.8, 4) is 5.75 Å². The van der Waals surface area contributed by atoms with Gasteiger partial charge in [-0.25, -0.2) is 18.2 Å². The fourth-order valence-corrected chi connectivity index (χ4v) is 4.01. The molecule has 0 saturated carbocycles. The van der Waals surface area contributed by atoms with Crippen molar-refractivity contribution in [2.75, 3.05) is 25.6 Å². The van der Waals surface area contributed by atoms with Gasteiger partial charge in [0, 0.05) is 17.7 Å². The average Bonchev–Trinajstić information content (AvgIpc) is 3.05. The smallest absolute Gasteiger partial charge is 0.274 e. The lowest BCUT2D eigenvalue weighted by molar-refractivity contribution is 0.0234. The predicted octanol–water partition coefficient (Wildman–Crippen LogP) is 2.90. The fourth-order valence-electron chi connectivity index (χ4n) is 4.01. The zero-order valence-electron chi connectivity index (χ0n) is 16.9. The number of aromatic nitrogens is 1. The minimum absolute atomic E-state index is 0.0991. The van der Waals surface area contributed by atoms with Crippen LogP contribution in [-0.4, -0.2) is 48.4 Å². The van der Waals surface area contributed by atoms with Gasteiger partial charge in [0.1, 0.15) is 23.1 Å². The van der Waals surface area contributed by atoms with E-state index in [1.54, 1.807) is 6.07 Å². The summed E-state index contributed by atoms with van der Waals surface area (Å²) in [5, 5.41) is 2.59. The Balaban J connectivity index is 1.71. The second-order valence-corrected chi connectivity index (χ2v) is 7.92. The molecule has 0 radical (unpaired) electrons. The summed E-state index contributed by atoms with van der Waals surface area (Å²) in [5.41, 5.74) is -0.477. The number of pyridine rings is 1. The summed E-state index contributed by atoms with van der Waals surface area (Å²) >= 11 is 0. The van der Waals surface area contributed by atoms with Crippen molar-refractivity contribution in [2.45, 2.75) is 30.2 Å². The number of carbonyl (C=O) groups excluding carboxylic acids is 1. The van der Waals surface area contributed by atoms with Crippen molar-refractivity contribution in [3.63, 3.8) is 0 Å². The van der Waals surface area contributed by atoms with Gasteiger partial charge in [-0.15, -0.1) is 0 Å². The van der Waals surface area contributed by atoms with Crippen LogP contribution in [0.5, 0.6) is 5.75 Å². The Hall–Kier alpha value is -3.14. The quantitative estimate of drug-likeness (QED) is 0.771. The molecule has 1 amide bonds. The summed E-state index contributed by atoms with van der Waals surface area (Å²) in [6, 6.07) is 6.69. The van der Waals surface area contributed by atoms with E-state index >= 15 is 4.39 Å². The molecule has 1 aromatic carbocycles. The summed E-state index contributed by atoms with van der Waals surface area (Å²) in [7, 11) is 1.47. The third kappa shape index (κ3) is 3.40. The summed E-state index contributed by atoms with van der Waals surface area (Å²) < 4.78 is 55.7.